The van der Waals surface area contributed by atoms with E-state index in [1.54, 1.807) is 17.0 Å². The molecule has 0 fully saturated rings. The van der Waals surface area contributed by atoms with Crippen molar-refractivity contribution in [1.82, 2.24) is 9.55 Å². The van der Waals surface area contributed by atoms with Crippen molar-refractivity contribution in [3.05, 3.63) is 77.9 Å². The third-order valence-corrected chi connectivity index (χ3v) is 4.05. The molecule has 0 bridgehead atoms. The molecule has 3 aromatic rings. The lowest BCUT2D eigenvalue weighted by Crippen LogP contribution is -2.13. The number of aliphatic hydroxyl groups is 2. The van der Waals surface area contributed by atoms with E-state index in [1.165, 1.54) is 11.1 Å². The lowest BCUT2D eigenvalue weighted by atomic mass is 10.0. The van der Waals surface area contributed by atoms with E-state index in [1.807, 2.05) is 24.3 Å². The average molecular weight is 332 g/mol. The first-order valence-corrected chi connectivity index (χ1v) is 8.13. The Morgan fingerprint density at radius 1 is 1.00 bits per heavy atom. The summed E-state index contributed by atoms with van der Waals surface area (Å²) in [4.78, 5) is 4.04. The maximum absolute atomic E-state index is 9.58. The van der Waals surface area contributed by atoms with Crippen LogP contribution in [0.25, 0.3) is 11.1 Å². The highest BCUT2D eigenvalue weighted by molar-refractivity contribution is 5.64. The van der Waals surface area contributed by atoms with Gasteiger partial charge >= 0.3 is 0 Å². The standard InChI is InChI=1S/C21H20N2O2/c1-16-2-7-18(8-3-16)19-9-4-17(5-10-19)6-11-20(14-24)23-13-12-22-21(23)15-25/h2-5,7-10,12-13,20,24-25H,14-15H2,1H3. The maximum Gasteiger partial charge on any atom is 0.135 e. The highest BCUT2D eigenvalue weighted by atomic mass is 16.3. The molecule has 2 aromatic carbocycles. The summed E-state index contributed by atoms with van der Waals surface area (Å²) in [7, 11) is 0. The van der Waals surface area contributed by atoms with Gasteiger partial charge in [-0.15, -0.1) is 0 Å². The first-order valence-electron chi connectivity index (χ1n) is 8.13. The van der Waals surface area contributed by atoms with Crippen LogP contribution in [0.1, 0.15) is 23.0 Å². The van der Waals surface area contributed by atoms with Crippen molar-refractivity contribution >= 4 is 0 Å². The summed E-state index contributed by atoms with van der Waals surface area (Å²) in [6.45, 7) is 1.75. The maximum atomic E-state index is 9.58. The number of imidazole rings is 1. The SMILES string of the molecule is Cc1ccc(-c2ccc(C#CC(CO)n3ccnc3CO)cc2)cc1. The summed E-state index contributed by atoms with van der Waals surface area (Å²) in [6, 6.07) is 16.0. The molecule has 1 unspecified atom stereocenters. The number of aromatic nitrogens is 2. The fraction of sp³-hybridized carbons (Fsp3) is 0.190. The first-order chi connectivity index (χ1) is 12.2. The minimum atomic E-state index is -0.429. The van der Waals surface area contributed by atoms with Gasteiger partial charge in [0.05, 0.1) is 6.61 Å². The molecule has 2 N–H and O–H groups in total. The van der Waals surface area contributed by atoms with Crippen molar-refractivity contribution in [1.29, 1.82) is 0 Å². The quantitative estimate of drug-likeness (QED) is 0.722. The van der Waals surface area contributed by atoms with Gasteiger partial charge in [-0.2, -0.15) is 0 Å². The lowest BCUT2D eigenvalue weighted by molar-refractivity contribution is 0.235. The van der Waals surface area contributed by atoms with Crippen molar-refractivity contribution in [2.45, 2.75) is 19.6 Å². The number of rotatable bonds is 4. The second-order valence-electron chi connectivity index (χ2n) is 5.82. The largest absolute Gasteiger partial charge is 0.393 e. The highest BCUT2D eigenvalue weighted by Gasteiger charge is 2.10. The van der Waals surface area contributed by atoms with E-state index in [4.69, 9.17) is 0 Å². The predicted octanol–water partition coefficient (Wildman–Crippen LogP) is 2.94. The van der Waals surface area contributed by atoms with Crippen LogP contribution >= 0.6 is 0 Å². The Balaban J connectivity index is 1.79. The van der Waals surface area contributed by atoms with Crippen LogP contribution < -0.4 is 0 Å². The zero-order valence-corrected chi connectivity index (χ0v) is 14.1. The number of hydrogen-bond donors (Lipinski definition) is 2. The Morgan fingerprint density at radius 2 is 1.64 bits per heavy atom. The second-order valence-corrected chi connectivity index (χ2v) is 5.82. The van der Waals surface area contributed by atoms with Crippen LogP contribution in [0.4, 0.5) is 0 Å². The molecule has 3 rings (SSSR count). The summed E-state index contributed by atoms with van der Waals surface area (Å²) in [5.74, 6) is 6.61. The van der Waals surface area contributed by atoms with Gasteiger partial charge in [0.1, 0.15) is 18.5 Å². The summed E-state index contributed by atoms with van der Waals surface area (Å²) >= 11 is 0. The van der Waals surface area contributed by atoms with E-state index < -0.39 is 6.04 Å². The molecule has 0 saturated heterocycles. The van der Waals surface area contributed by atoms with Gasteiger partial charge in [-0.25, -0.2) is 4.98 Å². The van der Waals surface area contributed by atoms with E-state index in [0.29, 0.717) is 5.82 Å². The van der Waals surface area contributed by atoms with Crippen molar-refractivity contribution < 1.29 is 10.2 Å². The van der Waals surface area contributed by atoms with E-state index in [9.17, 15) is 10.2 Å². The molecular weight excluding hydrogens is 312 g/mol. The number of aryl methyl sites for hydroxylation is 1. The molecule has 0 aliphatic heterocycles. The molecule has 0 aliphatic carbocycles. The average Bonchev–Trinajstić information content (AvgIpc) is 3.12. The summed E-state index contributed by atoms with van der Waals surface area (Å²) in [5.41, 5.74) is 4.42. The fourth-order valence-electron chi connectivity index (χ4n) is 2.61. The van der Waals surface area contributed by atoms with Crippen LogP contribution in [0, 0.1) is 18.8 Å². The van der Waals surface area contributed by atoms with Crippen LogP contribution in [0.3, 0.4) is 0 Å². The molecule has 1 heterocycles. The number of nitrogens with zero attached hydrogens (tertiary/aromatic N) is 2. The van der Waals surface area contributed by atoms with E-state index in [0.717, 1.165) is 11.1 Å². The van der Waals surface area contributed by atoms with Gasteiger partial charge in [0.25, 0.3) is 0 Å². The monoisotopic (exact) mass is 332 g/mol. The van der Waals surface area contributed by atoms with Gasteiger partial charge in [0, 0.05) is 18.0 Å². The molecule has 126 valence electrons. The Kier molecular flexibility index (Phi) is 5.30. The van der Waals surface area contributed by atoms with Crippen LogP contribution in [0.5, 0.6) is 0 Å². The summed E-state index contributed by atoms with van der Waals surface area (Å²) in [5, 5.41) is 18.9. The molecule has 1 atom stereocenters. The van der Waals surface area contributed by atoms with E-state index >= 15 is 0 Å². The smallest absolute Gasteiger partial charge is 0.135 e. The fourth-order valence-corrected chi connectivity index (χ4v) is 2.61. The second kappa shape index (κ2) is 7.80. The van der Waals surface area contributed by atoms with Crippen LogP contribution in [0.2, 0.25) is 0 Å². The Morgan fingerprint density at radius 3 is 2.24 bits per heavy atom. The molecule has 25 heavy (non-hydrogen) atoms. The Bertz CT molecular complexity index is 884. The molecule has 0 amide bonds. The van der Waals surface area contributed by atoms with Gasteiger partial charge < -0.3 is 14.8 Å². The molecule has 0 radical (unpaired) electrons. The lowest BCUT2D eigenvalue weighted by Gasteiger charge is -2.11. The zero-order valence-electron chi connectivity index (χ0n) is 14.1. The number of benzene rings is 2. The third-order valence-electron chi connectivity index (χ3n) is 4.05. The topological polar surface area (TPSA) is 58.3 Å². The molecule has 4 nitrogen and oxygen atoms in total. The molecule has 4 heteroatoms. The minimum absolute atomic E-state index is 0.141. The van der Waals surface area contributed by atoms with Crippen molar-refractivity contribution in [3.8, 4) is 23.0 Å². The third kappa shape index (κ3) is 3.97. The summed E-state index contributed by atoms with van der Waals surface area (Å²) in [6.07, 6.45) is 3.30. The van der Waals surface area contributed by atoms with Crippen molar-refractivity contribution in [2.24, 2.45) is 0 Å². The molecule has 0 aliphatic rings. The normalized spacial score (nSPS) is 11.6. The highest BCUT2D eigenvalue weighted by Crippen LogP contribution is 2.20. The van der Waals surface area contributed by atoms with Crippen molar-refractivity contribution in [2.75, 3.05) is 6.61 Å². The van der Waals surface area contributed by atoms with Gasteiger partial charge in [-0.1, -0.05) is 53.8 Å². The number of hydrogen-bond acceptors (Lipinski definition) is 3. The number of aliphatic hydroxyl groups excluding tert-OH is 2. The molecular formula is C21H20N2O2. The van der Waals surface area contributed by atoms with Gasteiger partial charge in [-0.05, 0) is 30.2 Å². The van der Waals surface area contributed by atoms with E-state index in [-0.39, 0.29) is 13.2 Å². The predicted molar refractivity (Wildman–Crippen MR) is 97.8 cm³/mol. The summed E-state index contributed by atoms with van der Waals surface area (Å²) < 4.78 is 1.69. The Labute approximate surface area is 147 Å². The van der Waals surface area contributed by atoms with Gasteiger partial charge in [0.2, 0.25) is 0 Å². The van der Waals surface area contributed by atoms with E-state index in [2.05, 4.69) is 48.0 Å². The molecule has 0 saturated carbocycles. The van der Waals surface area contributed by atoms with Crippen LogP contribution in [-0.4, -0.2) is 26.4 Å². The van der Waals surface area contributed by atoms with Crippen LogP contribution in [0.15, 0.2) is 60.9 Å². The van der Waals surface area contributed by atoms with Gasteiger partial charge in [-0.3, -0.25) is 0 Å². The zero-order chi connectivity index (χ0) is 17.6. The Hall–Kier alpha value is -2.87. The molecule has 1 aromatic heterocycles. The van der Waals surface area contributed by atoms with Crippen molar-refractivity contribution in [3.63, 3.8) is 0 Å². The minimum Gasteiger partial charge on any atom is -0.393 e. The van der Waals surface area contributed by atoms with Gasteiger partial charge in [0.15, 0.2) is 0 Å². The van der Waals surface area contributed by atoms with Crippen LogP contribution in [-0.2, 0) is 6.61 Å². The molecule has 0 spiro atoms. The first kappa shape index (κ1) is 17.0.